The first-order valence-corrected chi connectivity index (χ1v) is 12.2. The van der Waals surface area contributed by atoms with Crippen molar-refractivity contribution in [3.8, 4) is 5.75 Å². The van der Waals surface area contributed by atoms with Gasteiger partial charge in [-0.25, -0.2) is 21.6 Å². The van der Waals surface area contributed by atoms with Crippen LogP contribution in [0.4, 0.5) is 11.4 Å². The number of anilines is 2. The molecule has 0 fully saturated rings. The van der Waals surface area contributed by atoms with Crippen molar-refractivity contribution in [3.05, 3.63) is 77.3 Å². The average Bonchev–Trinajstić information content (AvgIpc) is 2.72. The molecule has 3 N–H and O–H groups in total. The van der Waals surface area contributed by atoms with E-state index in [1.807, 2.05) is 0 Å². The van der Waals surface area contributed by atoms with E-state index in [0.717, 1.165) is 12.1 Å². The molecule has 0 atom stereocenters. The zero-order valence-corrected chi connectivity index (χ0v) is 18.8. The molecule has 0 saturated carbocycles. The Bertz CT molecular complexity index is 1390. The summed E-state index contributed by atoms with van der Waals surface area (Å²) in [5, 5.41) is 9.49. The summed E-state index contributed by atoms with van der Waals surface area (Å²) < 4.78 is 60.8. The number of aromatic carboxylic acids is 1. The molecule has 0 aromatic heterocycles. The third-order valence-corrected chi connectivity index (χ3v) is 7.19. The van der Waals surface area contributed by atoms with Crippen molar-refractivity contribution >= 4 is 49.0 Å². The van der Waals surface area contributed by atoms with Crippen LogP contribution in [0.2, 0.25) is 5.02 Å². The third kappa shape index (κ3) is 5.31. The summed E-state index contributed by atoms with van der Waals surface area (Å²) in [6.45, 7) is 0. The van der Waals surface area contributed by atoms with E-state index < -0.39 is 30.9 Å². The summed E-state index contributed by atoms with van der Waals surface area (Å²) >= 11 is 5.87. The molecule has 0 aliphatic rings. The van der Waals surface area contributed by atoms with Crippen molar-refractivity contribution in [3.63, 3.8) is 0 Å². The topological polar surface area (TPSA) is 139 Å². The largest absolute Gasteiger partial charge is 0.495 e. The van der Waals surface area contributed by atoms with Crippen molar-refractivity contribution < 1.29 is 31.5 Å². The van der Waals surface area contributed by atoms with Gasteiger partial charge in [0.05, 0.1) is 28.9 Å². The Morgan fingerprint density at radius 3 is 2.12 bits per heavy atom. The van der Waals surface area contributed by atoms with E-state index in [1.54, 1.807) is 12.1 Å². The van der Waals surface area contributed by atoms with Gasteiger partial charge in [-0.2, -0.15) is 0 Å². The monoisotopic (exact) mass is 496 g/mol. The average molecular weight is 497 g/mol. The van der Waals surface area contributed by atoms with Gasteiger partial charge in [0.1, 0.15) is 10.6 Å². The Morgan fingerprint density at radius 2 is 1.50 bits per heavy atom. The van der Waals surface area contributed by atoms with Crippen LogP contribution in [0.5, 0.6) is 5.75 Å². The lowest BCUT2D eigenvalue weighted by Crippen LogP contribution is -2.16. The normalized spacial score (nSPS) is 11.6. The number of sulfonamides is 2. The molecule has 0 spiro atoms. The van der Waals surface area contributed by atoms with Crippen LogP contribution in [0, 0.1) is 0 Å². The zero-order valence-electron chi connectivity index (χ0n) is 16.4. The maximum Gasteiger partial charge on any atom is 0.335 e. The Hall–Kier alpha value is -3.28. The van der Waals surface area contributed by atoms with Crippen LogP contribution in [0.15, 0.2) is 76.5 Å². The molecule has 0 heterocycles. The molecule has 32 heavy (non-hydrogen) atoms. The Labute approximate surface area is 189 Å². The molecule has 9 nitrogen and oxygen atoms in total. The molecule has 3 rings (SSSR count). The number of ether oxygens (including phenoxy) is 1. The number of halogens is 1. The number of hydrogen-bond acceptors (Lipinski definition) is 6. The zero-order chi connectivity index (χ0) is 23.5. The molecule has 0 bridgehead atoms. The predicted molar refractivity (Wildman–Crippen MR) is 119 cm³/mol. The highest BCUT2D eigenvalue weighted by molar-refractivity contribution is 7.93. The molecule has 0 amide bonds. The number of carboxylic acid groups (broad SMARTS) is 1. The maximum atomic E-state index is 12.9. The van der Waals surface area contributed by atoms with Gasteiger partial charge >= 0.3 is 5.97 Å². The van der Waals surface area contributed by atoms with Gasteiger partial charge < -0.3 is 9.84 Å². The number of benzene rings is 3. The fourth-order valence-electron chi connectivity index (χ4n) is 2.72. The first-order chi connectivity index (χ1) is 15.0. The van der Waals surface area contributed by atoms with Gasteiger partial charge in [0.15, 0.2) is 0 Å². The minimum atomic E-state index is -4.31. The van der Waals surface area contributed by atoms with E-state index in [9.17, 15) is 21.6 Å². The SMILES string of the molecule is COc1ccc(C(=O)O)cc1S(=O)(=O)Nc1cccc(S(=O)(=O)Nc2cccc(Cl)c2)c1. The number of nitrogens with one attached hydrogen (secondary N) is 2. The van der Waals surface area contributed by atoms with E-state index in [1.165, 1.54) is 49.6 Å². The number of carboxylic acids is 1. The standard InChI is InChI=1S/C20H17ClN2O7S2/c1-30-18-9-8-13(20(24)25)10-19(18)32(28,29)23-16-6-3-7-17(12-16)31(26,27)22-15-5-2-4-14(21)11-15/h2-12,22-23H,1H3,(H,24,25). The van der Waals surface area contributed by atoms with Crippen LogP contribution in [-0.4, -0.2) is 35.0 Å². The second kappa shape index (κ2) is 9.07. The molecular formula is C20H17ClN2O7S2. The molecule has 3 aromatic rings. The van der Waals surface area contributed by atoms with Crippen LogP contribution in [-0.2, 0) is 20.0 Å². The highest BCUT2D eigenvalue weighted by Crippen LogP contribution is 2.28. The van der Waals surface area contributed by atoms with Gasteiger partial charge in [-0.15, -0.1) is 0 Å². The highest BCUT2D eigenvalue weighted by Gasteiger charge is 2.23. The minimum absolute atomic E-state index is 0.0539. The summed E-state index contributed by atoms with van der Waals surface area (Å²) in [6.07, 6.45) is 0. The molecule has 0 unspecified atom stereocenters. The Kier molecular flexibility index (Phi) is 6.63. The van der Waals surface area contributed by atoms with Crippen LogP contribution >= 0.6 is 11.6 Å². The summed E-state index contributed by atoms with van der Waals surface area (Å²) in [6, 6.07) is 14.6. The molecule has 0 aliphatic carbocycles. The molecular weight excluding hydrogens is 480 g/mol. The first kappa shape index (κ1) is 23.4. The van der Waals surface area contributed by atoms with Crippen molar-refractivity contribution in [2.75, 3.05) is 16.6 Å². The maximum absolute atomic E-state index is 12.9. The predicted octanol–water partition coefficient (Wildman–Crippen LogP) is 3.65. The fourth-order valence-corrected chi connectivity index (χ4v) is 5.25. The van der Waals surface area contributed by atoms with E-state index in [0.29, 0.717) is 5.02 Å². The lowest BCUT2D eigenvalue weighted by Gasteiger charge is -2.13. The van der Waals surface area contributed by atoms with Crippen molar-refractivity contribution in [1.82, 2.24) is 0 Å². The van der Waals surface area contributed by atoms with Gasteiger partial charge in [-0.05, 0) is 54.6 Å². The molecule has 3 aromatic carbocycles. The number of hydrogen-bond donors (Lipinski definition) is 3. The minimum Gasteiger partial charge on any atom is -0.495 e. The number of rotatable bonds is 8. The molecule has 0 radical (unpaired) electrons. The summed E-state index contributed by atoms with van der Waals surface area (Å²) in [7, 11) is -7.12. The third-order valence-electron chi connectivity index (χ3n) is 4.17. The van der Waals surface area contributed by atoms with E-state index >= 15 is 0 Å². The number of carbonyl (C=O) groups is 1. The van der Waals surface area contributed by atoms with Crippen molar-refractivity contribution in [2.24, 2.45) is 0 Å². The number of methoxy groups -OCH3 is 1. The smallest absolute Gasteiger partial charge is 0.335 e. The second-order valence-corrected chi connectivity index (χ2v) is 10.2. The van der Waals surface area contributed by atoms with E-state index in [2.05, 4.69) is 9.44 Å². The molecule has 12 heteroatoms. The lowest BCUT2D eigenvalue weighted by atomic mass is 10.2. The summed E-state index contributed by atoms with van der Waals surface area (Å²) in [4.78, 5) is 10.6. The lowest BCUT2D eigenvalue weighted by molar-refractivity contribution is 0.0696. The van der Waals surface area contributed by atoms with Gasteiger partial charge in [0.2, 0.25) is 0 Å². The van der Waals surface area contributed by atoms with Gasteiger partial charge in [-0.1, -0.05) is 23.7 Å². The molecule has 0 saturated heterocycles. The van der Waals surface area contributed by atoms with Crippen LogP contribution in [0.3, 0.4) is 0 Å². The Morgan fingerprint density at radius 1 is 0.875 bits per heavy atom. The highest BCUT2D eigenvalue weighted by atomic mass is 35.5. The Balaban J connectivity index is 1.93. The van der Waals surface area contributed by atoms with Crippen LogP contribution in [0.1, 0.15) is 10.4 Å². The van der Waals surface area contributed by atoms with Crippen molar-refractivity contribution in [1.29, 1.82) is 0 Å². The van der Waals surface area contributed by atoms with Gasteiger partial charge in [0, 0.05) is 5.02 Å². The van der Waals surface area contributed by atoms with Crippen molar-refractivity contribution in [2.45, 2.75) is 9.79 Å². The van der Waals surface area contributed by atoms with Gasteiger partial charge in [-0.3, -0.25) is 9.44 Å². The second-order valence-electron chi connectivity index (χ2n) is 6.42. The van der Waals surface area contributed by atoms with E-state index in [-0.39, 0.29) is 27.6 Å². The molecule has 0 aliphatic heterocycles. The fraction of sp³-hybridized carbons (Fsp3) is 0.0500. The molecule has 168 valence electrons. The van der Waals surface area contributed by atoms with Crippen LogP contribution < -0.4 is 14.2 Å². The first-order valence-electron chi connectivity index (χ1n) is 8.84. The quantitative estimate of drug-likeness (QED) is 0.432. The van der Waals surface area contributed by atoms with Gasteiger partial charge in [0.25, 0.3) is 20.0 Å². The van der Waals surface area contributed by atoms with E-state index in [4.69, 9.17) is 21.4 Å². The summed E-state index contributed by atoms with van der Waals surface area (Å²) in [5.74, 6) is -1.39. The van der Waals surface area contributed by atoms with Crippen LogP contribution in [0.25, 0.3) is 0 Å². The summed E-state index contributed by atoms with van der Waals surface area (Å²) in [5.41, 5.74) is -0.0753.